The van der Waals surface area contributed by atoms with E-state index in [2.05, 4.69) is 19.1 Å². The topological polar surface area (TPSA) is 22.1 Å². The average molecular weight is 380 g/mol. The van der Waals surface area contributed by atoms with Crippen molar-refractivity contribution in [1.82, 2.24) is 4.98 Å². The molecule has 0 saturated carbocycles. The SMILES string of the molecule is CCCCCCCCCCCCc1nc2ccc(OC)cc2[se]1. The number of aromatic nitrogens is 1. The summed E-state index contributed by atoms with van der Waals surface area (Å²) in [7, 11) is 1.73. The van der Waals surface area contributed by atoms with Crippen LogP contribution in [0.3, 0.4) is 0 Å². The molecule has 0 unspecified atom stereocenters. The Balaban J connectivity index is 1.58. The third-order valence-corrected chi connectivity index (χ3v) is 6.65. The predicted octanol–water partition coefficient (Wildman–Crippen LogP) is 5.76. The number of ether oxygens (including phenoxy) is 1. The summed E-state index contributed by atoms with van der Waals surface area (Å²) in [6, 6.07) is 6.27. The van der Waals surface area contributed by atoms with Gasteiger partial charge in [0, 0.05) is 0 Å². The summed E-state index contributed by atoms with van der Waals surface area (Å²) < 4.78 is 8.11. The van der Waals surface area contributed by atoms with Crippen LogP contribution in [-0.4, -0.2) is 26.6 Å². The van der Waals surface area contributed by atoms with Crippen molar-refractivity contribution in [2.75, 3.05) is 7.11 Å². The molecule has 1 aromatic heterocycles. The van der Waals surface area contributed by atoms with Crippen molar-refractivity contribution >= 4 is 24.3 Å². The van der Waals surface area contributed by atoms with Crippen LogP contribution >= 0.6 is 0 Å². The molecule has 1 aromatic carbocycles. The Morgan fingerprint density at radius 2 is 1.57 bits per heavy atom. The minimum absolute atomic E-state index is 0.420. The van der Waals surface area contributed by atoms with Crippen molar-refractivity contribution in [2.24, 2.45) is 0 Å². The van der Waals surface area contributed by atoms with E-state index in [1.165, 1.54) is 85.0 Å². The zero-order valence-electron chi connectivity index (χ0n) is 14.8. The van der Waals surface area contributed by atoms with E-state index in [0.717, 1.165) is 5.75 Å². The molecule has 2 nitrogen and oxygen atoms in total. The van der Waals surface area contributed by atoms with Gasteiger partial charge in [0.15, 0.2) is 0 Å². The fourth-order valence-corrected chi connectivity index (χ4v) is 5.13. The summed E-state index contributed by atoms with van der Waals surface area (Å²) in [6.07, 6.45) is 15.2. The summed E-state index contributed by atoms with van der Waals surface area (Å²) >= 11 is 0.420. The second-order valence-electron chi connectivity index (χ2n) is 6.37. The molecule has 0 spiro atoms. The zero-order valence-corrected chi connectivity index (χ0v) is 16.5. The molecule has 0 saturated heterocycles. The Kier molecular flexibility index (Phi) is 8.78. The summed E-state index contributed by atoms with van der Waals surface area (Å²) in [4.78, 5) is 4.79. The van der Waals surface area contributed by atoms with Gasteiger partial charge in [-0.25, -0.2) is 0 Å². The number of aryl methyl sites for hydroxylation is 1. The van der Waals surface area contributed by atoms with Crippen molar-refractivity contribution in [3.05, 3.63) is 22.8 Å². The van der Waals surface area contributed by atoms with Crippen LogP contribution in [-0.2, 0) is 6.42 Å². The Morgan fingerprint density at radius 3 is 2.22 bits per heavy atom. The molecular weight excluding hydrogens is 349 g/mol. The molecule has 23 heavy (non-hydrogen) atoms. The number of benzene rings is 1. The van der Waals surface area contributed by atoms with Gasteiger partial charge in [0.05, 0.1) is 0 Å². The normalized spacial score (nSPS) is 11.2. The fourth-order valence-electron chi connectivity index (χ4n) is 2.95. The van der Waals surface area contributed by atoms with Crippen LogP contribution in [0.15, 0.2) is 18.2 Å². The molecular formula is C20H31NOSe. The van der Waals surface area contributed by atoms with Gasteiger partial charge in [-0.05, 0) is 0 Å². The van der Waals surface area contributed by atoms with Gasteiger partial charge in [0.25, 0.3) is 0 Å². The van der Waals surface area contributed by atoms with Crippen molar-refractivity contribution in [2.45, 2.75) is 77.6 Å². The van der Waals surface area contributed by atoms with Gasteiger partial charge in [0.2, 0.25) is 0 Å². The number of fused-ring (bicyclic) bond motifs is 1. The third-order valence-electron chi connectivity index (χ3n) is 4.38. The summed E-state index contributed by atoms with van der Waals surface area (Å²) in [5.74, 6) is 0.959. The average Bonchev–Trinajstić information content (AvgIpc) is 2.98. The van der Waals surface area contributed by atoms with Gasteiger partial charge >= 0.3 is 140 Å². The second-order valence-corrected chi connectivity index (χ2v) is 8.71. The molecule has 0 aliphatic heterocycles. The van der Waals surface area contributed by atoms with Crippen LogP contribution in [0.4, 0.5) is 0 Å². The van der Waals surface area contributed by atoms with E-state index in [1.807, 2.05) is 6.07 Å². The van der Waals surface area contributed by atoms with Gasteiger partial charge in [-0.15, -0.1) is 0 Å². The monoisotopic (exact) mass is 381 g/mol. The van der Waals surface area contributed by atoms with Crippen LogP contribution in [0.25, 0.3) is 9.78 Å². The number of hydrogen-bond donors (Lipinski definition) is 0. The van der Waals surface area contributed by atoms with Gasteiger partial charge < -0.3 is 0 Å². The first-order chi connectivity index (χ1) is 11.3. The standard InChI is InChI=1S/C20H31NOSe/c1-3-4-5-6-7-8-9-10-11-12-13-20-21-18-15-14-17(22-2)16-19(18)23-20/h14-16H,3-13H2,1-2H3. The van der Waals surface area contributed by atoms with Crippen molar-refractivity contribution in [3.8, 4) is 5.75 Å². The summed E-state index contributed by atoms with van der Waals surface area (Å²) in [5, 5.41) is 0. The first kappa shape index (κ1) is 18.5. The van der Waals surface area contributed by atoms with E-state index in [-0.39, 0.29) is 0 Å². The minimum atomic E-state index is 0.420. The van der Waals surface area contributed by atoms with E-state index in [1.54, 1.807) is 7.11 Å². The molecule has 3 heteroatoms. The fraction of sp³-hybridized carbons (Fsp3) is 0.650. The molecule has 0 bridgehead atoms. The maximum absolute atomic E-state index is 5.30. The van der Waals surface area contributed by atoms with Gasteiger partial charge in [-0.1, -0.05) is 6.92 Å². The number of nitrogens with zero attached hydrogens (tertiary/aromatic N) is 1. The number of rotatable bonds is 12. The molecule has 0 fully saturated rings. The van der Waals surface area contributed by atoms with E-state index in [4.69, 9.17) is 9.72 Å². The Labute approximate surface area is 147 Å². The van der Waals surface area contributed by atoms with E-state index in [0.29, 0.717) is 14.5 Å². The Hall–Kier alpha value is -0.791. The predicted molar refractivity (Wildman–Crippen MR) is 101 cm³/mol. The Bertz CT molecular complexity index is 564. The molecule has 0 atom stereocenters. The maximum atomic E-state index is 5.30. The third kappa shape index (κ3) is 6.69. The molecule has 1 heterocycles. The van der Waals surface area contributed by atoms with Gasteiger partial charge in [0.1, 0.15) is 0 Å². The zero-order chi connectivity index (χ0) is 16.3. The van der Waals surface area contributed by atoms with E-state index >= 15 is 0 Å². The van der Waals surface area contributed by atoms with Crippen LogP contribution in [0.5, 0.6) is 5.75 Å². The molecule has 0 N–H and O–H groups in total. The van der Waals surface area contributed by atoms with Crippen molar-refractivity contribution in [1.29, 1.82) is 0 Å². The first-order valence-electron chi connectivity index (χ1n) is 9.27. The second kappa shape index (κ2) is 10.9. The summed E-state index contributed by atoms with van der Waals surface area (Å²) in [5.41, 5.74) is 1.17. The van der Waals surface area contributed by atoms with Crippen LogP contribution < -0.4 is 4.74 Å². The molecule has 0 radical (unpaired) electrons. The quantitative estimate of drug-likeness (QED) is 0.345. The first-order valence-corrected chi connectivity index (χ1v) is 11.0. The molecule has 2 rings (SSSR count). The van der Waals surface area contributed by atoms with Crippen LogP contribution in [0.2, 0.25) is 0 Å². The molecule has 2 aromatic rings. The number of hydrogen-bond acceptors (Lipinski definition) is 2. The number of methoxy groups -OCH3 is 1. The molecule has 0 aliphatic carbocycles. The Morgan fingerprint density at radius 1 is 0.913 bits per heavy atom. The van der Waals surface area contributed by atoms with E-state index in [9.17, 15) is 0 Å². The van der Waals surface area contributed by atoms with Gasteiger partial charge in [-0.2, -0.15) is 0 Å². The molecule has 0 aliphatic rings. The van der Waals surface area contributed by atoms with Gasteiger partial charge in [-0.3, -0.25) is 0 Å². The van der Waals surface area contributed by atoms with Crippen molar-refractivity contribution in [3.63, 3.8) is 0 Å². The number of unbranched alkanes of at least 4 members (excludes halogenated alkanes) is 9. The van der Waals surface area contributed by atoms with Crippen LogP contribution in [0.1, 0.15) is 75.7 Å². The molecule has 128 valence electrons. The molecule has 0 amide bonds. The van der Waals surface area contributed by atoms with Crippen LogP contribution in [0, 0.1) is 0 Å². The van der Waals surface area contributed by atoms with Crippen molar-refractivity contribution < 1.29 is 4.74 Å². The summed E-state index contributed by atoms with van der Waals surface area (Å²) in [6.45, 7) is 2.28. The van der Waals surface area contributed by atoms with E-state index < -0.39 is 0 Å².